The Bertz CT molecular complexity index is 235. The van der Waals surface area contributed by atoms with Crippen LogP contribution in [0.5, 0.6) is 11.5 Å². The van der Waals surface area contributed by atoms with Gasteiger partial charge in [0.05, 0.1) is 12.1 Å². The number of aromatic hydroxyl groups is 1. The molecule has 0 unspecified atom stereocenters. The van der Waals surface area contributed by atoms with Crippen LogP contribution in [0.4, 0.5) is 0 Å². The molecule has 2 nitrogen and oxygen atoms in total. The molecule has 1 aromatic rings. The smallest absolute Gasteiger partial charge is 0.137 e. The Morgan fingerprint density at radius 1 is 1.50 bits per heavy atom. The SMILES string of the molecule is COc1ccc(O)cc1Cl. The van der Waals surface area contributed by atoms with Gasteiger partial charge in [-0.15, -0.1) is 0 Å². The summed E-state index contributed by atoms with van der Waals surface area (Å²) in [4.78, 5) is 0. The molecule has 3 heteroatoms. The lowest BCUT2D eigenvalue weighted by atomic mass is 10.3. The zero-order valence-corrected chi connectivity index (χ0v) is 6.22. The molecule has 0 radical (unpaired) electrons. The second-order valence-electron chi connectivity index (χ2n) is 1.82. The first-order valence-corrected chi connectivity index (χ1v) is 3.14. The number of rotatable bonds is 1. The number of ether oxygens (including phenoxy) is 1. The molecule has 0 atom stereocenters. The van der Waals surface area contributed by atoms with E-state index in [9.17, 15) is 0 Å². The molecule has 0 amide bonds. The van der Waals surface area contributed by atoms with Crippen LogP contribution in [0.15, 0.2) is 18.2 Å². The van der Waals surface area contributed by atoms with Gasteiger partial charge in [-0.1, -0.05) is 11.6 Å². The Morgan fingerprint density at radius 3 is 2.70 bits per heavy atom. The number of benzene rings is 1. The predicted molar refractivity (Wildman–Crippen MR) is 39.7 cm³/mol. The monoisotopic (exact) mass is 158 g/mol. The van der Waals surface area contributed by atoms with Crippen molar-refractivity contribution < 1.29 is 9.84 Å². The molecule has 0 saturated heterocycles. The second kappa shape index (κ2) is 2.80. The van der Waals surface area contributed by atoms with Crippen LogP contribution in [-0.4, -0.2) is 12.2 Å². The van der Waals surface area contributed by atoms with E-state index in [1.165, 1.54) is 19.2 Å². The minimum absolute atomic E-state index is 0.144. The molecule has 0 heterocycles. The van der Waals surface area contributed by atoms with Gasteiger partial charge in [0.25, 0.3) is 0 Å². The maximum absolute atomic E-state index is 8.89. The van der Waals surface area contributed by atoms with Crippen molar-refractivity contribution in [2.24, 2.45) is 0 Å². The van der Waals surface area contributed by atoms with Crippen LogP contribution >= 0.6 is 11.6 Å². The zero-order valence-electron chi connectivity index (χ0n) is 5.47. The van der Waals surface area contributed by atoms with Crippen LogP contribution in [0.3, 0.4) is 0 Å². The Balaban J connectivity index is 3.07. The molecule has 0 bridgehead atoms. The molecule has 0 spiro atoms. The Morgan fingerprint density at radius 2 is 2.20 bits per heavy atom. The van der Waals surface area contributed by atoms with Gasteiger partial charge in [0.2, 0.25) is 0 Å². The van der Waals surface area contributed by atoms with E-state index >= 15 is 0 Å². The molecule has 0 aliphatic rings. The number of methoxy groups -OCH3 is 1. The minimum Gasteiger partial charge on any atom is -0.508 e. The largest absolute Gasteiger partial charge is 0.508 e. The van der Waals surface area contributed by atoms with Gasteiger partial charge < -0.3 is 9.84 Å². The highest BCUT2D eigenvalue weighted by molar-refractivity contribution is 6.32. The fraction of sp³-hybridized carbons (Fsp3) is 0.143. The summed E-state index contributed by atoms with van der Waals surface area (Å²) in [6.45, 7) is 0. The van der Waals surface area contributed by atoms with Gasteiger partial charge in [-0.3, -0.25) is 0 Å². The summed E-state index contributed by atoms with van der Waals surface area (Å²) in [5.41, 5.74) is 0. The van der Waals surface area contributed by atoms with Crippen LogP contribution in [0, 0.1) is 0 Å². The van der Waals surface area contributed by atoms with E-state index in [0.29, 0.717) is 10.8 Å². The average Bonchev–Trinajstić information content (AvgIpc) is 1.88. The van der Waals surface area contributed by atoms with Gasteiger partial charge in [0.15, 0.2) is 0 Å². The third-order valence-corrected chi connectivity index (χ3v) is 1.43. The van der Waals surface area contributed by atoms with Crippen molar-refractivity contribution in [2.75, 3.05) is 7.11 Å². The van der Waals surface area contributed by atoms with Crippen molar-refractivity contribution in [3.05, 3.63) is 23.2 Å². The molecule has 54 valence electrons. The van der Waals surface area contributed by atoms with Crippen molar-refractivity contribution in [1.29, 1.82) is 0 Å². The van der Waals surface area contributed by atoms with E-state index in [4.69, 9.17) is 21.4 Å². The molecule has 0 aliphatic heterocycles. The van der Waals surface area contributed by atoms with Gasteiger partial charge in [0, 0.05) is 6.07 Å². The van der Waals surface area contributed by atoms with E-state index in [2.05, 4.69) is 0 Å². The van der Waals surface area contributed by atoms with Crippen LogP contribution in [0.1, 0.15) is 0 Å². The summed E-state index contributed by atoms with van der Waals surface area (Å²) in [7, 11) is 1.53. The highest BCUT2D eigenvalue weighted by atomic mass is 35.5. The van der Waals surface area contributed by atoms with Crippen LogP contribution in [0.2, 0.25) is 5.02 Å². The Hall–Kier alpha value is -0.890. The highest BCUT2D eigenvalue weighted by Crippen LogP contribution is 2.27. The van der Waals surface area contributed by atoms with Gasteiger partial charge in [0.1, 0.15) is 11.5 Å². The zero-order chi connectivity index (χ0) is 7.56. The molecular formula is C7H7ClO2. The third kappa shape index (κ3) is 1.33. The third-order valence-electron chi connectivity index (χ3n) is 1.14. The van der Waals surface area contributed by atoms with Crippen molar-refractivity contribution >= 4 is 11.6 Å². The first-order chi connectivity index (χ1) is 4.74. The fourth-order valence-corrected chi connectivity index (χ4v) is 0.907. The fourth-order valence-electron chi connectivity index (χ4n) is 0.655. The molecule has 0 fully saturated rings. The lowest BCUT2D eigenvalue weighted by Crippen LogP contribution is -1.82. The Labute approximate surface area is 64.0 Å². The van der Waals surface area contributed by atoms with E-state index in [0.717, 1.165) is 0 Å². The van der Waals surface area contributed by atoms with E-state index < -0.39 is 0 Å². The topological polar surface area (TPSA) is 29.5 Å². The molecule has 1 aromatic carbocycles. The number of hydrogen-bond acceptors (Lipinski definition) is 2. The minimum atomic E-state index is 0.144. The van der Waals surface area contributed by atoms with Crippen molar-refractivity contribution in [1.82, 2.24) is 0 Å². The lowest BCUT2D eigenvalue weighted by molar-refractivity contribution is 0.412. The standard InChI is InChI=1S/C7H7ClO2/c1-10-7-3-2-5(9)4-6(7)8/h2-4,9H,1H3. The molecular weight excluding hydrogens is 152 g/mol. The van der Waals surface area contributed by atoms with E-state index in [1.54, 1.807) is 6.07 Å². The predicted octanol–water partition coefficient (Wildman–Crippen LogP) is 2.05. The first-order valence-electron chi connectivity index (χ1n) is 2.76. The number of phenolic OH excluding ortho intramolecular Hbond substituents is 1. The average molecular weight is 159 g/mol. The first kappa shape index (κ1) is 7.22. The van der Waals surface area contributed by atoms with Crippen LogP contribution < -0.4 is 4.74 Å². The van der Waals surface area contributed by atoms with E-state index in [1.807, 2.05) is 0 Å². The van der Waals surface area contributed by atoms with Gasteiger partial charge in [-0.2, -0.15) is 0 Å². The Kier molecular flexibility index (Phi) is 2.02. The van der Waals surface area contributed by atoms with Gasteiger partial charge in [-0.05, 0) is 12.1 Å². The molecule has 0 aliphatic carbocycles. The summed E-state index contributed by atoms with van der Waals surface area (Å²) in [6, 6.07) is 4.56. The summed E-state index contributed by atoms with van der Waals surface area (Å²) in [5, 5.41) is 9.31. The summed E-state index contributed by atoms with van der Waals surface area (Å²) in [5.74, 6) is 0.713. The quantitative estimate of drug-likeness (QED) is 0.678. The van der Waals surface area contributed by atoms with Crippen LogP contribution in [0.25, 0.3) is 0 Å². The lowest BCUT2D eigenvalue weighted by Gasteiger charge is -2.00. The van der Waals surface area contributed by atoms with Crippen molar-refractivity contribution in [2.45, 2.75) is 0 Å². The number of halogens is 1. The summed E-state index contributed by atoms with van der Waals surface area (Å²) >= 11 is 5.64. The van der Waals surface area contributed by atoms with Gasteiger partial charge >= 0.3 is 0 Å². The molecule has 1 rings (SSSR count). The molecule has 10 heavy (non-hydrogen) atoms. The maximum atomic E-state index is 8.89. The number of phenols is 1. The van der Waals surface area contributed by atoms with Crippen molar-refractivity contribution in [3.8, 4) is 11.5 Å². The highest BCUT2D eigenvalue weighted by Gasteiger charge is 1.98. The summed E-state index contributed by atoms with van der Waals surface area (Å²) in [6.07, 6.45) is 0. The molecule has 1 N–H and O–H groups in total. The van der Waals surface area contributed by atoms with Crippen molar-refractivity contribution in [3.63, 3.8) is 0 Å². The number of hydrogen-bond donors (Lipinski definition) is 1. The van der Waals surface area contributed by atoms with Crippen LogP contribution in [-0.2, 0) is 0 Å². The van der Waals surface area contributed by atoms with Gasteiger partial charge in [-0.25, -0.2) is 0 Å². The second-order valence-corrected chi connectivity index (χ2v) is 2.23. The summed E-state index contributed by atoms with van der Waals surface area (Å²) < 4.78 is 4.86. The maximum Gasteiger partial charge on any atom is 0.137 e. The molecule has 0 saturated carbocycles. The molecule has 0 aromatic heterocycles. The normalized spacial score (nSPS) is 9.40. The van der Waals surface area contributed by atoms with E-state index in [-0.39, 0.29) is 5.75 Å².